The Hall–Kier alpha value is -1.21. The maximum atomic E-state index is 12.7. The molecule has 106 valence electrons. The van der Waals surface area contributed by atoms with Gasteiger partial charge in [-0.3, -0.25) is 0 Å². The monoisotopic (exact) mass is 308 g/mol. The number of nitrogens with two attached hydrogens (primary N) is 1. The molecule has 1 aliphatic rings. The Morgan fingerprint density at radius 2 is 1.95 bits per heavy atom. The van der Waals surface area contributed by atoms with Gasteiger partial charge in [0, 0.05) is 24.5 Å². The van der Waals surface area contributed by atoms with Crippen molar-refractivity contribution in [3.05, 3.63) is 51.7 Å². The number of hydrogen-bond donors (Lipinski definition) is 1. The third-order valence-corrected chi connectivity index (χ3v) is 6.61. The Morgan fingerprint density at radius 3 is 2.70 bits per heavy atom. The summed E-state index contributed by atoms with van der Waals surface area (Å²) in [6, 6.07) is 9.66. The number of fused-ring (bicyclic) bond motifs is 1. The first-order valence-corrected chi connectivity index (χ1v) is 8.78. The van der Waals surface area contributed by atoms with E-state index in [1.165, 1.54) is 16.9 Å². The van der Waals surface area contributed by atoms with Gasteiger partial charge in [0.05, 0.1) is 4.90 Å². The lowest BCUT2D eigenvalue weighted by Gasteiger charge is -2.28. The van der Waals surface area contributed by atoms with E-state index in [1.54, 1.807) is 15.8 Å². The molecule has 0 saturated carbocycles. The number of hydrogen-bond acceptors (Lipinski definition) is 4. The standard InChI is InChI=1S/C14H16N2O2S2/c15-9-13-14(6-8-19-13)20(17,18)16-7-5-11-3-1-2-4-12(11)10-16/h1-4,6,8H,5,7,9-10,15H2. The Morgan fingerprint density at radius 1 is 1.20 bits per heavy atom. The fraction of sp³-hybridized carbons (Fsp3) is 0.286. The van der Waals surface area contributed by atoms with Gasteiger partial charge in [-0.1, -0.05) is 24.3 Å². The molecule has 4 nitrogen and oxygen atoms in total. The van der Waals surface area contributed by atoms with Gasteiger partial charge in [-0.2, -0.15) is 4.31 Å². The van der Waals surface area contributed by atoms with E-state index in [1.807, 2.05) is 18.2 Å². The average molecular weight is 308 g/mol. The number of benzene rings is 1. The van der Waals surface area contributed by atoms with E-state index in [0.29, 0.717) is 18.0 Å². The molecule has 0 atom stereocenters. The van der Waals surface area contributed by atoms with Crippen LogP contribution in [0.3, 0.4) is 0 Å². The van der Waals surface area contributed by atoms with Crippen molar-refractivity contribution in [1.82, 2.24) is 4.31 Å². The molecule has 0 unspecified atom stereocenters. The average Bonchev–Trinajstić information content (AvgIpc) is 2.96. The molecule has 20 heavy (non-hydrogen) atoms. The molecule has 0 saturated heterocycles. The zero-order valence-corrected chi connectivity index (χ0v) is 12.6. The van der Waals surface area contributed by atoms with Crippen molar-refractivity contribution in [2.45, 2.75) is 24.4 Å². The lowest BCUT2D eigenvalue weighted by atomic mass is 10.0. The van der Waals surface area contributed by atoms with Gasteiger partial charge in [0.1, 0.15) is 0 Å². The van der Waals surface area contributed by atoms with Crippen LogP contribution in [-0.4, -0.2) is 19.3 Å². The van der Waals surface area contributed by atoms with Gasteiger partial charge in [-0.05, 0) is 29.0 Å². The van der Waals surface area contributed by atoms with Gasteiger partial charge < -0.3 is 5.73 Å². The van der Waals surface area contributed by atoms with Crippen LogP contribution in [0.15, 0.2) is 40.6 Å². The number of rotatable bonds is 3. The minimum absolute atomic E-state index is 0.261. The fourth-order valence-corrected chi connectivity index (χ4v) is 5.25. The van der Waals surface area contributed by atoms with E-state index in [9.17, 15) is 8.42 Å². The van der Waals surface area contributed by atoms with Crippen molar-refractivity contribution in [2.24, 2.45) is 5.73 Å². The molecule has 3 rings (SSSR count). The molecular weight excluding hydrogens is 292 g/mol. The summed E-state index contributed by atoms with van der Waals surface area (Å²) in [5.74, 6) is 0. The Bertz CT molecular complexity index is 722. The molecule has 0 fully saturated rings. The normalized spacial score (nSPS) is 16.1. The zero-order chi connectivity index (χ0) is 14.2. The van der Waals surface area contributed by atoms with Crippen molar-refractivity contribution >= 4 is 21.4 Å². The quantitative estimate of drug-likeness (QED) is 0.942. The molecule has 0 radical (unpaired) electrons. The van der Waals surface area contributed by atoms with Crippen LogP contribution in [0.5, 0.6) is 0 Å². The van der Waals surface area contributed by atoms with Crippen LogP contribution < -0.4 is 5.73 Å². The molecule has 1 aliphatic heterocycles. The van der Waals surface area contributed by atoms with Crippen LogP contribution in [0.25, 0.3) is 0 Å². The first-order valence-electron chi connectivity index (χ1n) is 6.46. The summed E-state index contributed by atoms with van der Waals surface area (Å²) in [6.45, 7) is 1.23. The number of nitrogens with zero attached hydrogens (tertiary/aromatic N) is 1. The minimum Gasteiger partial charge on any atom is -0.326 e. The molecule has 0 amide bonds. The minimum atomic E-state index is -3.44. The predicted molar refractivity (Wildman–Crippen MR) is 80.0 cm³/mol. The summed E-state index contributed by atoms with van der Waals surface area (Å²) in [5.41, 5.74) is 7.95. The summed E-state index contributed by atoms with van der Waals surface area (Å²) >= 11 is 1.40. The van der Waals surface area contributed by atoms with Crippen LogP contribution in [0.2, 0.25) is 0 Å². The van der Waals surface area contributed by atoms with E-state index in [0.717, 1.165) is 16.9 Å². The van der Waals surface area contributed by atoms with Gasteiger partial charge in [0.15, 0.2) is 0 Å². The Labute approximate surface area is 122 Å². The first-order chi connectivity index (χ1) is 9.63. The van der Waals surface area contributed by atoms with Crippen molar-refractivity contribution < 1.29 is 8.42 Å². The lowest BCUT2D eigenvalue weighted by molar-refractivity contribution is 0.391. The van der Waals surface area contributed by atoms with Gasteiger partial charge in [0.25, 0.3) is 0 Å². The lowest BCUT2D eigenvalue weighted by Crippen LogP contribution is -2.36. The molecule has 0 aliphatic carbocycles. The van der Waals surface area contributed by atoms with Crippen molar-refractivity contribution in [3.63, 3.8) is 0 Å². The van der Waals surface area contributed by atoms with E-state index in [4.69, 9.17) is 5.73 Å². The highest BCUT2D eigenvalue weighted by Crippen LogP contribution is 2.28. The highest BCUT2D eigenvalue weighted by Gasteiger charge is 2.30. The smallest absolute Gasteiger partial charge is 0.244 e. The molecule has 1 aromatic carbocycles. The van der Waals surface area contributed by atoms with Crippen molar-refractivity contribution in [3.8, 4) is 0 Å². The third kappa shape index (κ3) is 2.29. The van der Waals surface area contributed by atoms with Crippen LogP contribution in [-0.2, 0) is 29.5 Å². The fourth-order valence-electron chi connectivity index (χ4n) is 2.52. The van der Waals surface area contributed by atoms with Crippen LogP contribution >= 0.6 is 11.3 Å². The molecular formula is C14H16N2O2S2. The second-order valence-corrected chi connectivity index (χ2v) is 7.68. The largest absolute Gasteiger partial charge is 0.326 e. The highest BCUT2D eigenvalue weighted by atomic mass is 32.2. The van der Waals surface area contributed by atoms with E-state index >= 15 is 0 Å². The topological polar surface area (TPSA) is 63.4 Å². The van der Waals surface area contributed by atoms with Gasteiger partial charge in [0.2, 0.25) is 10.0 Å². The second-order valence-electron chi connectivity index (χ2n) is 4.77. The summed E-state index contributed by atoms with van der Waals surface area (Å²) in [6.07, 6.45) is 0.761. The van der Waals surface area contributed by atoms with Crippen molar-refractivity contribution in [1.29, 1.82) is 0 Å². The zero-order valence-electron chi connectivity index (χ0n) is 11.0. The molecule has 0 spiro atoms. The van der Waals surface area contributed by atoms with Gasteiger partial charge in [-0.25, -0.2) is 8.42 Å². The predicted octanol–water partition coefficient (Wildman–Crippen LogP) is 1.95. The molecule has 2 heterocycles. The van der Waals surface area contributed by atoms with E-state index in [2.05, 4.69) is 6.07 Å². The van der Waals surface area contributed by atoms with Crippen molar-refractivity contribution in [2.75, 3.05) is 6.54 Å². The summed E-state index contributed by atoms with van der Waals surface area (Å²) < 4.78 is 27.0. The Kier molecular flexibility index (Phi) is 3.64. The summed E-state index contributed by atoms with van der Waals surface area (Å²) in [4.78, 5) is 1.09. The van der Waals surface area contributed by atoms with E-state index < -0.39 is 10.0 Å². The molecule has 1 aromatic heterocycles. The maximum absolute atomic E-state index is 12.7. The van der Waals surface area contributed by atoms with Crippen LogP contribution in [0.4, 0.5) is 0 Å². The summed E-state index contributed by atoms with van der Waals surface area (Å²) in [7, 11) is -3.44. The number of thiophene rings is 1. The van der Waals surface area contributed by atoms with Crippen LogP contribution in [0.1, 0.15) is 16.0 Å². The maximum Gasteiger partial charge on any atom is 0.244 e. The number of sulfonamides is 1. The second kappa shape index (κ2) is 5.29. The SMILES string of the molecule is NCc1sccc1S(=O)(=O)N1CCc2ccccc2C1. The molecule has 2 aromatic rings. The molecule has 2 N–H and O–H groups in total. The Balaban J connectivity index is 1.94. The van der Waals surface area contributed by atoms with Gasteiger partial charge in [-0.15, -0.1) is 11.3 Å². The molecule has 6 heteroatoms. The highest BCUT2D eigenvalue weighted by molar-refractivity contribution is 7.89. The van der Waals surface area contributed by atoms with E-state index in [-0.39, 0.29) is 6.54 Å². The summed E-state index contributed by atoms with van der Waals surface area (Å²) in [5, 5.41) is 1.78. The first kappa shape index (κ1) is 13.8. The van der Waals surface area contributed by atoms with Gasteiger partial charge >= 0.3 is 0 Å². The van der Waals surface area contributed by atoms with Crippen LogP contribution in [0, 0.1) is 0 Å². The third-order valence-electron chi connectivity index (χ3n) is 3.60. The molecule has 0 bridgehead atoms.